The lowest BCUT2D eigenvalue weighted by Gasteiger charge is -2.47. The van der Waals surface area contributed by atoms with E-state index in [-0.39, 0.29) is 11.3 Å². The number of ether oxygens (including phenoxy) is 4. The largest absolute Gasteiger partial charge is 0.477 e. The summed E-state index contributed by atoms with van der Waals surface area (Å²) in [7, 11) is 0. The van der Waals surface area contributed by atoms with Gasteiger partial charge < -0.3 is 75.9 Å². The fourth-order valence-corrected chi connectivity index (χ4v) is 5.48. The van der Waals surface area contributed by atoms with Crippen molar-refractivity contribution in [2.24, 2.45) is 16.5 Å². The van der Waals surface area contributed by atoms with Gasteiger partial charge >= 0.3 is 11.6 Å². The normalized spacial score (nSPS) is 32.3. The van der Waals surface area contributed by atoms with Crippen molar-refractivity contribution in [2.45, 2.75) is 87.2 Å². The van der Waals surface area contributed by atoms with Gasteiger partial charge in [0.1, 0.15) is 54.1 Å². The van der Waals surface area contributed by atoms with Crippen molar-refractivity contribution in [3.63, 3.8) is 0 Å². The maximum atomic E-state index is 12.7. The van der Waals surface area contributed by atoms with Crippen LogP contribution in [0.25, 0.3) is 11.0 Å². The van der Waals surface area contributed by atoms with E-state index in [9.17, 15) is 50.1 Å². The molecule has 2 aromatic rings. The molecule has 11 atom stereocenters. The number of nitrogens with one attached hydrogen (secondary N) is 1. The van der Waals surface area contributed by atoms with E-state index in [0.717, 1.165) is 6.92 Å². The zero-order valence-corrected chi connectivity index (χ0v) is 25.2. The molecule has 2 aliphatic heterocycles. The number of carbonyl (C=O) groups is 2. The molecule has 0 saturated carbocycles. The van der Waals surface area contributed by atoms with E-state index in [1.54, 1.807) is 13.0 Å². The molecular formula is C28H38N4O15. The molecule has 0 spiro atoms. The summed E-state index contributed by atoms with van der Waals surface area (Å²) in [6, 6.07) is 3.04. The van der Waals surface area contributed by atoms with Crippen LogP contribution in [0.15, 0.2) is 38.5 Å². The number of aryl methyl sites for hydroxylation is 1. The number of carbonyl (C=O) groups excluding carboxylic acids is 1. The van der Waals surface area contributed by atoms with Gasteiger partial charge in [-0.1, -0.05) is 0 Å². The first-order valence-electron chi connectivity index (χ1n) is 14.4. The molecule has 2 aliphatic rings. The fraction of sp³-hybridized carbons (Fsp3) is 0.571. The smallest absolute Gasteiger partial charge is 0.364 e. The average molecular weight is 671 g/mol. The number of aliphatic hydroxyl groups excluding tert-OH is 6. The Balaban J connectivity index is 1.61. The fourth-order valence-electron chi connectivity index (χ4n) is 5.48. The zero-order chi connectivity index (χ0) is 34.8. The van der Waals surface area contributed by atoms with Gasteiger partial charge in [0.05, 0.1) is 25.3 Å². The number of fused-ring (bicyclic) bond motifs is 1. The molecule has 0 radical (unpaired) electrons. The van der Waals surface area contributed by atoms with E-state index < -0.39 is 110 Å². The van der Waals surface area contributed by atoms with Crippen LogP contribution >= 0.6 is 0 Å². The number of aliphatic carboxylic acids is 1. The molecular weight excluding hydrogens is 632 g/mol. The molecule has 2 fully saturated rings. The Bertz CT molecular complexity index is 1530. The summed E-state index contributed by atoms with van der Waals surface area (Å²) >= 11 is 0. The van der Waals surface area contributed by atoms with Crippen molar-refractivity contribution in [1.82, 2.24) is 5.32 Å². The maximum absolute atomic E-state index is 12.7. The van der Waals surface area contributed by atoms with Crippen molar-refractivity contribution in [3.8, 4) is 5.75 Å². The lowest BCUT2D eigenvalue weighted by Crippen LogP contribution is -2.68. The van der Waals surface area contributed by atoms with Gasteiger partial charge in [-0.3, -0.25) is 4.79 Å². The van der Waals surface area contributed by atoms with Gasteiger partial charge in [0.25, 0.3) is 5.79 Å². The van der Waals surface area contributed by atoms with Crippen LogP contribution in [-0.2, 0) is 23.8 Å². The molecule has 4 rings (SSSR count). The zero-order valence-electron chi connectivity index (χ0n) is 25.2. The highest BCUT2D eigenvalue weighted by Gasteiger charge is 2.57. The van der Waals surface area contributed by atoms with Crippen LogP contribution < -0.4 is 27.1 Å². The third-order valence-corrected chi connectivity index (χ3v) is 7.83. The molecule has 2 saturated heterocycles. The number of nitrogens with zero attached hydrogens (tertiary/aromatic N) is 1. The monoisotopic (exact) mass is 670 g/mol. The molecule has 1 aromatic heterocycles. The molecule has 12 N–H and O–H groups in total. The SMILES string of the molecule is CC(=O)N[C@H]1[C@H]([C@H](O)[C@H](O)CO)O[C@@](OCC2OC(Oc3ccc4c(C)cc(=O)oc4c3)C(O)C(O)C2O)(C(=O)O)C[C@@H]1N=C(N)N. The van der Waals surface area contributed by atoms with E-state index in [4.69, 9.17) is 34.8 Å². The number of hydrogen-bond acceptors (Lipinski definition) is 15. The minimum atomic E-state index is -2.73. The molecule has 1 amide bonds. The number of nitrogens with two attached hydrogens (primary N) is 2. The third-order valence-electron chi connectivity index (χ3n) is 7.83. The lowest BCUT2D eigenvalue weighted by molar-refractivity contribution is -0.324. The van der Waals surface area contributed by atoms with Crippen LogP contribution in [0.3, 0.4) is 0 Å². The summed E-state index contributed by atoms with van der Waals surface area (Å²) in [4.78, 5) is 40.5. The second kappa shape index (κ2) is 14.5. The van der Waals surface area contributed by atoms with Crippen molar-refractivity contribution < 1.29 is 68.7 Å². The average Bonchev–Trinajstić information content (AvgIpc) is 3.00. The number of amides is 1. The summed E-state index contributed by atoms with van der Waals surface area (Å²) in [5.41, 5.74) is 11.3. The number of benzene rings is 1. The first kappa shape index (κ1) is 35.9. The summed E-state index contributed by atoms with van der Waals surface area (Å²) < 4.78 is 27.9. The van der Waals surface area contributed by atoms with Crippen molar-refractivity contribution in [1.29, 1.82) is 0 Å². The Kier molecular flexibility index (Phi) is 11.1. The van der Waals surface area contributed by atoms with Gasteiger partial charge in [-0.25, -0.2) is 14.6 Å². The number of aliphatic imine (C=N–C) groups is 1. The van der Waals surface area contributed by atoms with Crippen LogP contribution in [0.1, 0.15) is 18.9 Å². The second-order valence-electron chi connectivity index (χ2n) is 11.3. The summed E-state index contributed by atoms with van der Waals surface area (Å²) in [5.74, 6) is -5.66. The highest BCUT2D eigenvalue weighted by Crippen LogP contribution is 2.36. The number of hydrogen-bond donors (Lipinski definition) is 10. The number of rotatable bonds is 11. The number of carboxylic acid groups (broad SMARTS) is 1. The van der Waals surface area contributed by atoms with Crippen molar-refractivity contribution in [2.75, 3.05) is 13.2 Å². The minimum Gasteiger partial charge on any atom is -0.477 e. The Morgan fingerprint density at radius 2 is 1.85 bits per heavy atom. The summed E-state index contributed by atoms with van der Waals surface area (Å²) in [6.45, 7) is 0.998. The Morgan fingerprint density at radius 1 is 1.15 bits per heavy atom. The van der Waals surface area contributed by atoms with E-state index in [1.807, 2.05) is 0 Å². The molecule has 0 aliphatic carbocycles. The van der Waals surface area contributed by atoms with Crippen LogP contribution in [0.5, 0.6) is 5.75 Å². The van der Waals surface area contributed by atoms with Gasteiger partial charge in [-0.2, -0.15) is 0 Å². The first-order valence-corrected chi connectivity index (χ1v) is 14.4. The van der Waals surface area contributed by atoms with E-state index in [0.29, 0.717) is 10.9 Å². The lowest BCUT2D eigenvalue weighted by atomic mass is 9.87. The number of guanidine groups is 1. The maximum Gasteiger partial charge on any atom is 0.364 e. The van der Waals surface area contributed by atoms with Crippen molar-refractivity contribution in [3.05, 3.63) is 40.2 Å². The highest BCUT2D eigenvalue weighted by atomic mass is 16.7. The standard InChI is InChI=1S/C28H38N4O15/c1-10-5-18(36)45-16-6-12(3-4-13(10)16)44-25-23(40)22(39)21(38)17(46-25)9-43-28(26(41)42)7-14(32-27(29)30)19(31-11(2)34)24(47-28)20(37)15(35)8-33/h3-6,14-15,17,19-25,33,35,37-40H,7-9H2,1-2H3,(H,31,34)(H,41,42)(H4,29,30,32)/t14-,15+,17?,19+,20+,21?,22?,23?,24+,25?,28+/m0/s1. The van der Waals surface area contributed by atoms with Gasteiger partial charge in [0.15, 0.2) is 5.96 Å². The number of aliphatic hydroxyl groups is 6. The quantitative estimate of drug-likeness (QED) is 0.0614. The van der Waals surface area contributed by atoms with Crippen molar-refractivity contribution >= 4 is 28.8 Å². The van der Waals surface area contributed by atoms with Gasteiger partial charge in [0, 0.05) is 30.9 Å². The van der Waals surface area contributed by atoms with E-state index >= 15 is 0 Å². The molecule has 19 heteroatoms. The second-order valence-corrected chi connectivity index (χ2v) is 11.3. The molecule has 1 aromatic carbocycles. The third kappa shape index (κ3) is 7.80. The highest BCUT2D eigenvalue weighted by molar-refractivity contribution is 5.81. The summed E-state index contributed by atoms with van der Waals surface area (Å²) in [6.07, 6.45) is -15.1. The molecule has 47 heavy (non-hydrogen) atoms. The Hall–Kier alpha value is -3.92. The predicted octanol–water partition coefficient (Wildman–Crippen LogP) is -4.26. The van der Waals surface area contributed by atoms with E-state index in [2.05, 4.69) is 10.3 Å². The van der Waals surface area contributed by atoms with Crippen LogP contribution in [-0.4, -0.2) is 134 Å². The van der Waals surface area contributed by atoms with Gasteiger partial charge in [-0.15, -0.1) is 0 Å². The predicted molar refractivity (Wildman–Crippen MR) is 157 cm³/mol. The van der Waals surface area contributed by atoms with Gasteiger partial charge in [-0.05, 0) is 24.6 Å². The Labute approximate surface area is 265 Å². The van der Waals surface area contributed by atoms with Crippen LogP contribution in [0.2, 0.25) is 0 Å². The van der Waals surface area contributed by atoms with E-state index in [1.165, 1.54) is 18.2 Å². The van der Waals surface area contributed by atoms with Gasteiger partial charge in [0.2, 0.25) is 12.2 Å². The Morgan fingerprint density at radius 3 is 2.47 bits per heavy atom. The minimum absolute atomic E-state index is 0.0412. The first-order chi connectivity index (χ1) is 22.1. The number of carboxylic acids is 1. The van der Waals surface area contributed by atoms with Crippen LogP contribution in [0, 0.1) is 6.92 Å². The topological polar surface area (TPSA) is 319 Å². The molecule has 0 bridgehead atoms. The molecule has 5 unspecified atom stereocenters. The van der Waals surface area contributed by atoms with Crippen LogP contribution in [0.4, 0.5) is 0 Å². The molecule has 3 heterocycles. The summed E-state index contributed by atoms with van der Waals surface area (Å²) in [5, 5.41) is 75.6. The molecule has 19 nitrogen and oxygen atoms in total. The molecule has 260 valence electrons.